The molecule has 0 unspecified atom stereocenters. The van der Waals surface area contributed by atoms with Gasteiger partial charge in [-0.3, -0.25) is 0 Å². The summed E-state index contributed by atoms with van der Waals surface area (Å²) in [6, 6.07) is 0. The normalized spacial score (nSPS) is 10.9. The predicted octanol–water partition coefficient (Wildman–Crippen LogP) is 0.748. The van der Waals surface area contributed by atoms with E-state index in [1.165, 1.54) is 0 Å². The summed E-state index contributed by atoms with van der Waals surface area (Å²) >= 11 is 3.87. The first-order valence-corrected chi connectivity index (χ1v) is 2.57. The highest BCUT2D eigenvalue weighted by Gasteiger charge is 2.13. The van der Waals surface area contributed by atoms with Crippen LogP contribution in [0.2, 0.25) is 0 Å². The molecule has 0 aliphatic rings. The van der Waals surface area contributed by atoms with Crippen LogP contribution in [0.1, 0.15) is 13.8 Å². The number of carbonyl (C=O) groups is 1. The molecule has 48 valence electrons. The maximum Gasteiger partial charge on any atom is 0.405 e. The Balaban J connectivity index is 3.55. The zero-order valence-corrected chi connectivity index (χ0v) is 5.74. The molecule has 0 aliphatic heterocycles. The minimum absolute atomic E-state index is 0.758. The molecule has 0 radical (unpaired) electrons. The Kier molecular flexibility index (Phi) is 2.15. The second-order valence-corrected chi connectivity index (χ2v) is 2.94. The third-order valence-corrected chi connectivity index (χ3v) is 0.442. The van der Waals surface area contributed by atoms with Crippen molar-refractivity contribution in [3.63, 3.8) is 0 Å². The summed E-state index contributed by atoms with van der Waals surface area (Å²) in [4.78, 5) is 9.21. The quantitative estimate of drug-likeness (QED) is 0.411. The van der Waals surface area contributed by atoms with Crippen LogP contribution in [0, 0.1) is 0 Å². The van der Waals surface area contributed by atoms with E-state index in [0.717, 1.165) is 0 Å². The molecule has 0 saturated carbocycles. The smallest absolute Gasteiger partial charge is 0.405 e. The van der Waals surface area contributed by atoms with E-state index < -0.39 is 11.0 Å². The topological polar surface area (TPSA) is 52.3 Å². The average molecular weight is 135 g/mol. The molecule has 0 aliphatic carbocycles. The van der Waals surface area contributed by atoms with E-state index in [9.17, 15) is 4.79 Å². The summed E-state index contributed by atoms with van der Waals surface area (Å²) in [5.74, 6) is 0. The maximum absolute atomic E-state index is 9.97. The Labute approximate surface area is 53.6 Å². The number of hydrogen-bond donors (Lipinski definition) is 2. The summed E-state index contributed by atoms with van der Waals surface area (Å²) in [6.07, 6.45) is -0.801. The molecule has 0 heterocycles. The van der Waals surface area contributed by atoms with Gasteiger partial charge in [-0.05, 0) is 13.8 Å². The Morgan fingerprint density at radius 3 is 2.12 bits per heavy atom. The van der Waals surface area contributed by atoms with Crippen molar-refractivity contribution in [1.82, 2.24) is 0 Å². The van der Waals surface area contributed by atoms with Gasteiger partial charge in [0.1, 0.15) is 0 Å². The summed E-state index contributed by atoms with van der Waals surface area (Å²) in [5.41, 5.74) is 4.67. The minimum atomic E-state index is -0.801. The third kappa shape index (κ3) is 5.62. The highest BCUT2D eigenvalue weighted by Crippen LogP contribution is 2.12. The number of thiol groups is 1. The molecule has 0 fully saturated rings. The third-order valence-electron chi connectivity index (χ3n) is 0.350. The minimum Gasteiger partial charge on any atom is -0.433 e. The van der Waals surface area contributed by atoms with Crippen molar-refractivity contribution in [3.05, 3.63) is 0 Å². The Morgan fingerprint density at radius 2 is 2.12 bits per heavy atom. The fourth-order valence-corrected chi connectivity index (χ4v) is 0.336. The molecule has 1 amide bonds. The number of ether oxygens (including phenoxy) is 1. The van der Waals surface area contributed by atoms with Gasteiger partial charge in [-0.15, -0.1) is 12.6 Å². The first-order chi connectivity index (χ1) is 3.42. The molecular weight excluding hydrogens is 126 g/mol. The van der Waals surface area contributed by atoms with Gasteiger partial charge in [0, 0.05) is 0 Å². The van der Waals surface area contributed by atoms with Crippen molar-refractivity contribution < 1.29 is 9.53 Å². The van der Waals surface area contributed by atoms with E-state index in [1.54, 1.807) is 13.8 Å². The first kappa shape index (κ1) is 7.62. The molecule has 3 nitrogen and oxygen atoms in total. The van der Waals surface area contributed by atoms with Crippen molar-refractivity contribution >= 4 is 18.7 Å². The van der Waals surface area contributed by atoms with Crippen LogP contribution in [0.5, 0.6) is 0 Å². The average Bonchev–Trinajstić information content (AvgIpc) is 1.21. The van der Waals surface area contributed by atoms with Gasteiger partial charge in [0.05, 0.1) is 0 Å². The zero-order chi connectivity index (χ0) is 6.78. The van der Waals surface area contributed by atoms with Gasteiger partial charge in [-0.25, -0.2) is 4.79 Å². The molecule has 0 aromatic carbocycles. The molecular formula is C4H9NO2S. The molecule has 0 spiro atoms. The van der Waals surface area contributed by atoms with Crippen LogP contribution in [-0.4, -0.2) is 11.0 Å². The molecule has 0 atom stereocenters. The summed E-state index contributed by atoms with van der Waals surface area (Å²) in [6.45, 7) is 3.25. The molecule has 4 heteroatoms. The van der Waals surface area contributed by atoms with E-state index >= 15 is 0 Å². The number of primary amides is 1. The van der Waals surface area contributed by atoms with Crippen molar-refractivity contribution in [2.45, 2.75) is 18.8 Å². The van der Waals surface area contributed by atoms with E-state index in [-0.39, 0.29) is 0 Å². The van der Waals surface area contributed by atoms with Crippen molar-refractivity contribution in [2.24, 2.45) is 5.73 Å². The van der Waals surface area contributed by atoms with E-state index in [2.05, 4.69) is 23.1 Å². The molecule has 0 aromatic rings. The largest absolute Gasteiger partial charge is 0.433 e. The molecule has 8 heavy (non-hydrogen) atoms. The Morgan fingerprint density at radius 1 is 1.75 bits per heavy atom. The van der Waals surface area contributed by atoms with Gasteiger partial charge < -0.3 is 10.5 Å². The lowest BCUT2D eigenvalue weighted by atomic mass is 10.5. The predicted molar refractivity (Wildman–Crippen MR) is 33.7 cm³/mol. The number of carbonyl (C=O) groups excluding carboxylic acids is 1. The van der Waals surface area contributed by atoms with E-state index in [4.69, 9.17) is 0 Å². The fraction of sp³-hybridized carbons (Fsp3) is 0.750. The fourth-order valence-electron chi connectivity index (χ4n) is 0.246. The van der Waals surface area contributed by atoms with Crippen molar-refractivity contribution in [2.75, 3.05) is 0 Å². The standard InChI is InChI=1S/C4H9NO2S/c1-4(2,8)7-3(5)6/h8H,1-2H3,(H2,5,6). The molecule has 0 bridgehead atoms. The zero-order valence-electron chi connectivity index (χ0n) is 4.84. The second-order valence-electron chi connectivity index (χ2n) is 1.87. The van der Waals surface area contributed by atoms with Crippen LogP contribution in [0.4, 0.5) is 4.79 Å². The number of rotatable bonds is 1. The monoisotopic (exact) mass is 135 g/mol. The Hall–Kier alpha value is -0.380. The summed E-state index contributed by atoms with van der Waals surface area (Å²) in [5, 5.41) is 0. The lowest BCUT2D eigenvalue weighted by molar-refractivity contribution is 0.108. The van der Waals surface area contributed by atoms with Crippen LogP contribution in [0.15, 0.2) is 0 Å². The molecule has 0 aromatic heterocycles. The lowest BCUT2D eigenvalue weighted by Gasteiger charge is -2.15. The highest BCUT2D eigenvalue weighted by molar-refractivity contribution is 7.81. The first-order valence-electron chi connectivity index (χ1n) is 2.12. The van der Waals surface area contributed by atoms with Crippen LogP contribution < -0.4 is 5.73 Å². The molecule has 2 N–H and O–H groups in total. The van der Waals surface area contributed by atoms with Gasteiger partial charge in [0.25, 0.3) is 0 Å². The molecule has 0 saturated heterocycles. The second kappa shape index (κ2) is 2.26. The van der Waals surface area contributed by atoms with Gasteiger partial charge in [0.15, 0.2) is 4.93 Å². The van der Waals surface area contributed by atoms with Gasteiger partial charge in [0.2, 0.25) is 0 Å². The van der Waals surface area contributed by atoms with Gasteiger partial charge in [-0.1, -0.05) is 0 Å². The van der Waals surface area contributed by atoms with E-state index in [1.807, 2.05) is 0 Å². The van der Waals surface area contributed by atoms with Crippen molar-refractivity contribution in [3.8, 4) is 0 Å². The van der Waals surface area contributed by atoms with Crippen LogP contribution in [-0.2, 0) is 4.74 Å². The number of nitrogens with two attached hydrogens (primary N) is 1. The lowest BCUT2D eigenvalue weighted by Crippen LogP contribution is -2.25. The summed E-state index contributed by atoms with van der Waals surface area (Å²) in [7, 11) is 0. The van der Waals surface area contributed by atoms with Gasteiger partial charge in [-0.2, -0.15) is 0 Å². The van der Waals surface area contributed by atoms with Crippen LogP contribution >= 0.6 is 12.6 Å². The Bertz CT molecular complexity index is 96.7. The van der Waals surface area contributed by atoms with Crippen LogP contribution in [0.25, 0.3) is 0 Å². The number of hydrogen-bond acceptors (Lipinski definition) is 3. The molecule has 0 rings (SSSR count). The van der Waals surface area contributed by atoms with Gasteiger partial charge >= 0.3 is 6.09 Å². The van der Waals surface area contributed by atoms with Crippen LogP contribution in [0.3, 0.4) is 0 Å². The number of amides is 1. The highest BCUT2D eigenvalue weighted by atomic mass is 32.1. The van der Waals surface area contributed by atoms with E-state index in [0.29, 0.717) is 0 Å². The summed E-state index contributed by atoms with van der Waals surface area (Å²) < 4.78 is 4.44. The SMILES string of the molecule is CC(C)(S)OC(N)=O. The maximum atomic E-state index is 9.97. The van der Waals surface area contributed by atoms with Crippen molar-refractivity contribution in [1.29, 1.82) is 0 Å².